The van der Waals surface area contributed by atoms with Crippen molar-refractivity contribution in [2.24, 2.45) is 5.92 Å². The van der Waals surface area contributed by atoms with Gasteiger partial charge >= 0.3 is 0 Å². The maximum atomic E-state index is 4.41. The van der Waals surface area contributed by atoms with Crippen molar-refractivity contribution in [1.82, 2.24) is 15.0 Å². The Morgan fingerprint density at radius 2 is 1.78 bits per heavy atom. The molecule has 1 rings (SSSR count). The number of hydrogen-bond acceptors (Lipinski definition) is 2. The first-order valence-corrected chi connectivity index (χ1v) is 7.63. The van der Waals surface area contributed by atoms with E-state index < -0.39 is 0 Å². The third kappa shape index (κ3) is 6.18. The highest BCUT2D eigenvalue weighted by molar-refractivity contribution is 4.85. The molecule has 18 heavy (non-hydrogen) atoms. The fourth-order valence-electron chi connectivity index (χ4n) is 2.38. The molecule has 1 aromatic heterocycles. The van der Waals surface area contributed by atoms with Crippen LogP contribution in [0, 0.1) is 12.8 Å². The van der Waals surface area contributed by atoms with Gasteiger partial charge in [-0.2, -0.15) is 15.0 Å². The zero-order valence-electron chi connectivity index (χ0n) is 12.4. The second-order valence-corrected chi connectivity index (χ2v) is 5.40. The standard InChI is InChI=1S/C15H29N3/c1-4-6-8-9-11-15(10-7-5-2)13-18-16-12-14(3)17-18/h12,15H,4-11,13H2,1-3H3. The summed E-state index contributed by atoms with van der Waals surface area (Å²) in [6.07, 6.45) is 12.6. The minimum atomic E-state index is 0.758. The molecule has 0 aromatic carbocycles. The van der Waals surface area contributed by atoms with Crippen LogP contribution < -0.4 is 0 Å². The van der Waals surface area contributed by atoms with E-state index in [0.717, 1.165) is 18.2 Å². The molecule has 104 valence electrons. The van der Waals surface area contributed by atoms with E-state index in [2.05, 4.69) is 24.0 Å². The largest absolute Gasteiger partial charge is 0.184 e. The van der Waals surface area contributed by atoms with Gasteiger partial charge in [0.25, 0.3) is 0 Å². The van der Waals surface area contributed by atoms with Crippen LogP contribution in [-0.4, -0.2) is 15.0 Å². The van der Waals surface area contributed by atoms with E-state index in [1.54, 1.807) is 0 Å². The molecule has 0 amide bonds. The predicted molar refractivity (Wildman–Crippen MR) is 76.5 cm³/mol. The van der Waals surface area contributed by atoms with Gasteiger partial charge in [-0.15, -0.1) is 0 Å². The molecule has 0 saturated carbocycles. The fourth-order valence-corrected chi connectivity index (χ4v) is 2.38. The molecule has 0 aliphatic carbocycles. The van der Waals surface area contributed by atoms with Gasteiger partial charge < -0.3 is 0 Å². The maximum Gasteiger partial charge on any atom is 0.0796 e. The highest BCUT2D eigenvalue weighted by Crippen LogP contribution is 2.18. The average molecular weight is 251 g/mol. The molecule has 1 heterocycles. The van der Waals surface area contributed by atoms with Crippen molar-refractivity contribution in [3.05, 3.63) is 11.9 Å². The molecule has 1 atom stereocenters. The van der Waals surface area contributed by atoms with Crippen LogP contribution in [-0.2, 0) is 6.54 Å². The van der Waals surface area contributed by atoms with Crippen molar-refractivity contribution in [3.63, 3.8) is 0 Å². The lowest BCUT2D eigenvalue weighted by molar-refractivity contribution is 0.328. The Kier molecular flexibility index (Phi) is 7.70. The van der Waals surface area contributed by atoms with Crippen molar-refractivity contribution < 1.29 is 0 Å². The Balaban J connectivity index is 2.34. The maximum absolute atomic E-state index is 4.41. The number of nitrogens with zero attached hydrogens (tertiary/aromatic N) is 3. The van der Waals surface area contributed by atoms with Gasteiger partial charge in [-0.25, -0.2) is 0 Å². The quantitative estimate of drug-likeness (QED) is 0.578. The van der Waals surface area contributed by atoms with Crippen LogP contribution in [0.1, 0.15) is 70.9 Å². The molecule has 0 N–H and O–H groups in total. The van der Waals surface area contributed by atoms with Gasteiger partial charge in [0.1, 0.15) is 0 Å². The summed E-state index contributed by atoms with van der Waals surface area (Å²) in [6.45, 7) is 7.54. The van der Waals surface area contributed by atoms with Crippen LogP contribution in [0.25, 0.3) is 0 Å². The van der Waals surface area contributed by atoms with Crippen molar-refractivity contribution in [3.8, 4) is 0 Å². The molecule has 1 aromatic rings. The Bertz CT molecular complexity index is 306. The third-order valence-electron chi connectivity index (χ3n) is 3.50. The number of hydrogen-bond donors (Lipinski definition) is 0. The number of unbranched alkanes of at least 4 members (excludes halogenated alkanes) is 4. The monoisotopic (exact) mass is 251 g/mol. The van der Waals surface area contributed by atoms with Gasteiger partial charge in [-0.05, 0) is 25.7 Å². The van der Waals surface area contributed by atoms with Crippen LogP contribution >= 0.6 is 0 Å². The molecular formula is C15H29N3. The zero-order chi connectivity index (χ0) is 13.2. The highest BCUT2D eigenvalue weighted by atomic mass is 15.5. The Morgan fingerprint density at radius 3 is 2.39 bits per heavy atom. The summed E-state index contributed by atoms with van der Waals surface area (Å²) < 4.78 is 0. The minimum absolute atomic E-state index is 0.758. The average Bonchev–Trinajstić information content (AvgIpc) is 2.77. The lowest BCUT2D eigenvalue weighted by Crippen LogP contribution is -2.13. The number of aromatic nitrogens is 3. The Hall–Kier alpha value is -0.860. The number of rotatable bonds is 10. The van der Waals surface area contributed by atoms with Crippen molar-refractivity contribution in [1.29, 1.82) is 0 Å². The van der Waals surface area contributed by atoms with Gasteiger partial charge in [0.15, 0.2) is 0 Å². The summed E-state index contributed by atoms with van der Waals surface area (Å²) in [6, 6.07) is 0. The van der Waals surface area contributed by atoms with Crippen molar-refractivity contribution >= 4 is 0 Å². The summed E-state index contributed by atoms with van der Waals surface area (Å²) >= 11 is 0. The van der Waals surface area contributed by atoms with E-state index in [1.165, 1.54) is 51.4 Å². The zero-order valence-corrected chi connectivity index (χ0v) is 12.4. The Morgan fingerprint density at radius 1 is 1.06 bits per heavy atom. The summed E-state index contributed by atoms with van der Waals surface area (Å²) in [5.74, 6) is 0.758. The Labute approximate surface area is 112 Å². The summed E-state index contributed by atoms with van der Waals surface area (Å²) in [5, 5.41) is 8.72. The molecule has 3 nitrogen and oxygen atoms in total. The lowest BCUT2D eigenvalue weighted by atomic mass is 9.95. The van der Waals surface area contributed by atoms with Crippen LogP contribution in [0.2, 0.25) is 0 Å². The molecule has 0 bridgehead atoms. The van der Waals surface area contributed by atoms with Gasteiger partial charge in [0.05, 0.1) is 18.4 Å². The van der Waals surface area contributed by atoms with E-state index in [0.29, 0.717) is 0 Å². The van der Waals surface area contributed by atoms with E-state index in [4.69, 9.17) is 0 Å². The summed E-state index contributed by atoms with van der Waals surface area (Å²) in [4.78, 5) is 1.88. The lowest BCUT2D eigenvalue weighted by Gasteiger charge is -2.15. The van der Waals surface area contributed by atoms with Gasteiger partial charge in [-0.3, -0.25) is 0 Å². The van der Waals surface area contributed by atoms with Gasteiger partial charge in [-0.1, -0.05) is 52.4 Å². The van der Waals surface area contributed by atoms with Gasteiger partial charge in [0, 0.05) is 0 Å². The second-order valence-electron chi connectivity index (χ2n) is 5.40. The fraction of sp³-hybridized carbons (Fsp3) is 0.867. The van der Waals surface area contributed by atoms with E-state index in [-0.39, 0.29) is 0 Å². The first-order chi connectivity index (χ1) is 8.76. The molecule has 0 fully saturated rings. The van der Waals surface area contributed by atoms with Crippen molar-refractivity contribution in [2.75, 3.05) is 0 Å². The molecule has 0 radical (unpaired) electrons. The van der Waals surface area contributed by atoms with E-state index in [9.17, 15) is 0 Å². The number of aryl methyl sites for hydroxylation is 1. The molecule has 1 unspecified atom stereocenters. The molecule has 0 aliphatic rings. The highest BCUT2D eigenvalue weighted by Gasteiger charge is 2.10. The van der Waals surface area contributed by atoms with Gasteiger partial charge in [0.2, 0.25) is 0 Å². The second kappa shape index (κ2) is 9.12. The van der Waals surface area contributed by atoms with Crippen LogP contribution in [0.5, 0.6) is 0 Å². The van der Waals surface area contributed by atoms with E-state index >= 15 is 0 Å². The molecule has 0 spiro atoms. The first-order valence-electron chi connectivity index (χ1n) is 7.63. The predicted octanol–water partition coefficient (Wildman–Crippen LogP) is 4.36. The minimum Gasteiger partial charge on any atom is -0.184 e. The normalized spacial score (nSPS) is 12.8. The van der Waals surface area contributed by atoms with Crippen molar-refractivity contribution in [2.45, 2.75) is 78.7 Å². The third-order valence-corrected chi connectivity index (χ3v) is 3.50. The van der Waals surface area contributed by atoms with Crippen LogP contribution in [0.15, 0.2) is 6.20 Å². The molecule has 0 saturated heterocycles. The summed E-state index contributed by atoms with van der Waals surface area (Å²) in [7, 11) is 0. The summed E-state index contributed by atoms with van der Waals surface area (Å²) in [5.41, 5.74) is 1.02. The van der Waals surface area contributed by atoms with Crippen LogP contribution in [0.3, 0.4) is 0 Å². The SMILES string of the molecule is CCCCCCC(CCCC)Cn1ncc(C)n1. The molecule has 0 aliphatic heterocycles. The smallest absolute Gasteiger partial charge is 0.0796 e. The molecular weight excluding hydrogens is 222 g/mol. The topological polar surface area (TPSA) is 30.7 Å². The van der Waals surface area contributed by atoms with E-state index in [1.807, 2.05) is 17.9 Å². The first kappa shape index (κ1) is 15.2. The van der Waals surface area contributed by atoms with Crippen LogP contribution in [0.4, 0.5) is 0 Å². The molecule has 3 heteroatoms.